The first-order valence-electron chi connectivity index (χ1n) is 4.50. The molecule has 2 heteroatoms. The molecule has 76 valence electrons. The van der Waals surface area contributed by atoms with Gasteiger partial charge in [-0.15, -0.1) is 0 Å². The maximum absolute atomic E-state index is 11.7. The summed E-state index contributed by atoms with van der Waals surface area (Å²) < 4.78 is 0. The van der Waals surface area contributed by atoms with Crippen molar-refractivity contribution in [3.8, 4) is 0 Å². The number of hydrogen-bond acceptors (Lipinski definition) is 2. The van der Waals surface area contributed by atoms with Crippen LogP contribution in [0.3, 0.4) is 0 Å². The lowest BCUT2D eigenvalue weighted by molar-refractivity contribution is 0.108. The van der Waals surface area contributed by atoms with E-state index >= 15 is 0 Å². The Morgan fingerprint density at radius 1 is 1.20 bits per heavy atom. The fourth-order valence-electron chi connectivity index (χ4n) is 1.00. The van der Waals surface area contributed by atoms with Crippen molar-refractivity contribution in [3.63, 3.8) is 0 Å². The highest BCUT2D eigenvalue weighted by Crippen LogP contribution is 2.21. The Morgan fingerprint density at radius 3 is 2.40 bits per heavy atom. The van der Waals surface area contributed by atoms with Gasteiger partial charge >= 0.3 is 0 Å². The predicted molar refractivity (Wildman–Crippen MR) is 66.8 cm³/mol. The second-order valence-corrected chi connectivity index (χ2v) is 3.81. The van der Waals surface area contributed by atoms with Gasteiger partial charge < -0.3 is 0 Å². The van der Waals surface area contributed by atoms with Crippen molar-refractivity contribution in [1.82, 2.24) is 0 Å². The summed E-state index contributed by atoms with van der Waals surface area (Å²) in [5.74, 6) is 0. The van der Waals surface area contributed by atoms with Crippen molar-refractivity contribution in [3.05, 3.63) is 72.2 Å². The van der Waals surface area contributed by atoms with E-state index in [9.17, 15) is 4.79 Å². The maximum atomic E-state index is 11.7. The molecule has 0 fully saturated rings. The third-order valence-corrected chi connectivity index (χ3v) is 2.66. The average molecular weight is 216 g/mol. The molecule has 0 spiro atoms. The summed E-state index contributed by atoms with van der Waals surface area (Å²) in [5.41, 5.74) is 0.694. The Kier molecular flexibility index (Phi) is 4.64. The van der Waals surface area contributed by atoms with Gasteiger partial charge in [-0.1, -0.05) is 55.6 Å². The lowest BCUT2D eigenvalue weighted by atomic mass is 10.2. The summed E-state index contributed by atoms with van der Waals surface area (Å²) in [6.45, 7) is 7.22. The van der Waals surface area contributed by atoms with Crippen LogP contribution < -0.4 is 0 Å². The molecule has 0 heterocycles. The van der Waals surface area contributed by atoms with E-state index in [0.717, 1.165) is 16.7 Å². The zero-order valence-corrected chi connectivity index (χ0v) is 9.17. The second-order valence-electron chi connectivity index (χ2n) is 2.76. The Morgan fingerprint density at radius 2 is 1.87 bits per heavy atom. The molecule has 0 N–H and O–H groups in total. The molecule has 0 amide bonds. The number of thioether (sulfide) groups is 1. The molecule has 0 saturated carbocycles. The highest BCUT2D eigenvalue weighted by atomic mass is 32.2. The molecule has 1 nitrogen and oxygen atoms in total. The van der Waals surface area contributed by atoms with Crippen molar-refractivity contribution in [2.45, 2.75) is 0 Å². The summed E-state index contributed by atoms with van der Waals surface area (Å²) in [4.78, 5) is 12.5. The molecule has 1 aromatic rings. The topological polar surface area (TPSA) is 17.1 Å². The van der Waals surface area contributed by atoms with E-state index < -0.39 is 0 Å². The van der Waals surface area contributed by atoms with Gasteiger partial charge in [0.25, 0.3) is 0 Å². The van der Waals surface area contributed by atoms with Crippen molar-refractivity contribution in [2.75, 3.05) is 0 Å². The van der Waals surface area contributed by atoms with Gasteiger partial charge in [0.1, 0.15) is 0 Å². The average Bonchev–Trinajstić information content (AvgIpc) is 2.29. The van der Waals surface area contributed by atoms with E-state index in [1.54, 1.807) is 30.4 Å². The molecule has 0 aliphatic heterocycles. The van der Waals surface area contributed by atoms with Gasteiger partial charge in [0.2, 0.25) is 5.12 Å². The molecule has 0 aliphatic rings. The molecule has 1 rings (SSSR count). The van der Waals surface area contributed by atoms with Gasteiger partial charge in [0.05, 0.1) is 0 Å². The van der Waals surface area contributed by atoms with Gasteiger partial charge in [-0.3, -0.25) is 4.79 Å². The molecule has 0 radical (unpaired) electrons. The predicted octanol–water partition coefficient (Wildman–Crippen LogP) is 3.82. The standard InChI is InChI=1S/C13H12OS/c1-3-8-12(4-2)15-13(14)11-9-6-5-7-10-11/h3-10H,1-2H2/b12-8+. The fourth-order valence-corrected chi connectivity index (χ4v) is 1.72. The van der Waals surface area contributed by atoms with Crippen LogP contribution in [0.25, 0.3) is 0 Å². The van der Waals surface area contributed by atoms with Crippen molar-refractivity contribution in [2.24, 2.45) is 0 Å². The number of carbonyl (C=O) groups excluding carboxylic acids is 1. The first-order valence-corrected chi connectivity index (χ1v) is 5.32. The molecule has 1 aromatic carbocycles. The van der Waals surface area contributed by atoms with Crippen LogP contribution in [0.4, 0.5) is 0 Å². The number of carbonyl (C=O) groups is 1. The van der Waals surface area contributed by atoms with Gasteiger partial charge in [-0.25, -0.2) is 0 Å². The fraction of sp³-hybridized carbons (Fsp3) is 0. The minimum Gasteiger partial charge on any atom is -0.281 e. The Balaban J connectivity index is 2.75. The monoisotopic (exact) mass is 216 g/mol. The highest BCUT2D eigenvalue weighted by molar-refractivity contribution is 8.17. The zero-order chi connectivity index (χ0) is 11.1. The van der Waals surface area contributed by atoms with Gasteiger partial charge in [0, 0.05) is 10.5 Å². The largest absolute Gasteiger partial charge is 0.281 e. The van der Waals surface area contributed by atoms with E-state index in [0.29, 0.717) is 5.56 Å². The maximum Gasteiger partial charge on any atom is 0.224 e. The quantitative estimate of drug-likeness (QED) is 0.712. The van der Waals surface area contributed by atoms with Crippen LogP contribution in [0, 0.1) is 0 Å². The first kappa shape index (κ1) is 11.5. The second kappa shape index (κ2) is 6.04. The Labute approximate surface area is 94.2 Å². The Bertz CT molecular complexity index is 390. The van der Waals surface area contributed by atoms with Crippen LogP contribution in [0.15, 0.2) is 66.6 Å². The first-order chi connectivity index (χ1) is 7.27. The number of allylic oxidation sites excluding steroid dienone is 3. The van der Waals surface area contributed by atoms with E-state index in [1.165, 1.54) is 0 Å². The van der Waals surface area contributed by atoms with Crippen LogP contribution in [-0.2, 0) is 0 Å². The summed E-state index contributed by atoms with van der Waals surface area (Å²) in [6, 6.07) is 9.17. The smallest absolute Gasteiger partial charge is 0.224 e. The third-order valence-electron chi connectivity index (χ3n) is 1.70. The molecule has 0 aliphatic carbocycles. The lowest BCUT2D eigenvalue weighted by Crippen LogP contribution is -1.92. The van der Waals surface area contributed by atoms with E-state index in [-0.39, 0.29) is 5.12 Å². The molecule has 0 atom stereocenters. The van der Waals surface area contributed by atoms with Crippen molar-refractivity contribution in [1.29, 1.82) is 0 Å². The van der Waals surface area contributed by atoms with Crippen LogP contribution in [0.5, 0.6) is 0 Å². The molecular weight excluding hydrogens is 204 g/mol. The lowest BCUT2D eigenvalue weighted by Gasteiger charge is -2.00. The minimum atomic E-state index is 0.0172. The molecular formula is C13H12OS. The van der Waals surface area contributed by atoms with Crippen molar-refractivity contribution < 1.29 is 4.79 Å². The molecule has 0 bridgehead atoms. The number of benzene rings is 1. The van der Waals surface area contributed by atoms with Crippen molar-refractivity contribution >= 4 is 16.9 Å². The molecule has 15 heavy (non-hydrogen) atoms. The summed E-state index contributed by atoms with van der Waals surface area (Å²) in [6.07, 6.45) is 5.05. The van der Waals surface area contributed by atoms with E-state index in [4.69, 9.17) is 0 Å². The Hall–Kier alpha value is -1.54. The van der Waals surface area contributed by atoms with E-state index in [2.05, 4.69) is 13.2 Å². The molecule has 0 unspecified atom stereocenters. The normalized spacial score (nSPS) is 10.8. The molecule has 0 aromatic heterocycles. The van der Waals surface area contributed by atoms with Gasteiger partial charge in [-0.05, 0) is 17.8 Å². The van der Waals surface area contributed by atoms with Gasteiger partial charge in [0.15, 0.2) is 0 Å². The van der Waals surface area contributed by atoms with Crippen LogP contribution in [0.2, 0.25) is 0 Å². The van der Waals surface area contributed by atoms with Gasteiger partial charge in [-0.2, -0.15) is 0 Å². The summed E-state index contributed by atoms with van der Waals surface area (Å²) >= 11 is 1.16. The summed E-state index contributed by atoms with van der Waals surface area (Å²) in [5, 5.41) is 0.0172. The van der Waals surface area contributed by atoms with E-state index in [1.807, 2.05) is 18.2 Å². The van der Waals surface area contributed by atoms with Crippen LogP contribution >= 0.6 is 11.8 Å². The summed E-state index contributed by atoms with van der Waals surface area (Å²) in [7, 11) is 0. The molecule has 0 saturated heterocycles. The SMILES string of the molecule is C=C/C=C(\C=C)SC(=O)c1ccccc1. The number of rotatable bonds is 4. The highest BCUT2D eigenvalue weighted by Gasteiger charge is 2.06. The number of hydrogen-bond donors (Lipinski definition) is 0. The zero-order valence-electron chi connectivity index (χ0n) is 8.35. The van der Waals surface area contributed by atoms with Crippen LogP contribution in [-0.4, -0.2) is 5.12 Å². The third kappa shape index (κ3) is 3.60. The minimum absolute atomic E-state index is 0.0172. The van der Waals surface area contributed by atoms with Crippen LogP contribution in [0.1, 0.15) is 10.4 Å².